The molecule has 8 heteroatoms. The molecule has 0 saturated carbocycles. The fraction of sp³-hybridized carbons (Fsp3) is 0.0625. The summed E-state index contributed by atoms with van der Waals surface area (Å²) in [4.78, 5) is 32.9. The first kappa shape index (κ1) is 15.3. The molecule has 0 bridgehead atoms. The van der Waals surface area contributed by atoms with E-state index in [0.717, 1.165) is 0 Å². The lowest BCUT2D eigenvalue weighted by Gasteiger charge is -2.07. The third-order valence-electron chi connectivity index (χ3n) is 3.21. The summed E-state index contributed by atoms with van der Waals surface area (Å²) in [6, 6.07) is 10.3. The van der Waals surface area contributed by atoms with Gasteiger partial charge in [-0.2, -0.15) is 5.10 Å². The molecular weight excluding hydrogens is 308 g/mol. The number of nitrogens with one attached hydrogen (secondary N) is 2. The largest absolute Gasteiger partial charge is 0.306 e. The molecule has 24 heavy (non-hydrogen) atoms. The molecule has 0 atom stereocenters. The predicted molar refractivity (Wildman–Crippen MR) is 87.6 cm³/mol. The van der Waals surface area contributed by atoms with E-state index in [1.165, 1.54) is 10.9 Å². The van der Waals surface area contributed by atoms with E-state index in [1.807, 2.05) is 0 Å². The summed E-state index contributed by atoms with van der Waals surface area (Å²) in [5, 5.41) is 9.27. The van der Waals surface area contributed by atoms with Crippen LogP contribution in [0.5, 0.6) is 0 Å². The van der Waals surface area contributed by atoms with Crippen LogP contribution in [-0.2, 0) is 7.05 Å². The molecule has 0 aromatic carbocycles. The van der Waals surface area contributed by atoms with Crippen molar-refractivity contribution in [3.8, 4) is 0 Å². The van der Waals surface area contributed by atoms with Crippen LogP contribution in [0.3, 0.4) is 0 Å². The number of carbonyl (C=O) groups is 2. The molecule has 3 aromatic heterocycles. The third-order valence-corrected chi connectivity index (χ3v) is 3.21. The molecule has 0 unspecified atom stereocenters. The highest BCUT2D eigenvalue weighted by Crippen LogP contribution is 2.13. The number of amides is 2. The van der Waals surface area contributed by atoms with Gasteiger partial charge >= 0.3 is 0 Å². The number of aromatic nitrogens is 4. The van der Waals surface area contributed by atoms with Crippen LogP contribution in [-0.4, -0.2) is 31.6 Å². The summed E-state index contributed by atoms with van der Waals surface area (Å²) in [6.45, 7) is 0. The zero-order valence-electron chi connectivity index (χ0n) is 12.8. The topological polar surface area (TPSA) is 102 Å². The Hall–Kier alpha value is -3.55. The normalized spacial score (nSPS) is 10.2. The minimum atomic E-state index is -0.472. The number of nitrogens with zero attached hydrogens (tertiary/aromatic N) is 4. The fourth-order valence-electron chi connectivity index (χ4n) is 2.11. The van der Waals surface area contributed by atoms with Crippen molar-refractivity contribution in [1.29, 1.82) is 0 Å². The monoisotopic (exact) mass is 322 g/mol. The van der Waals surface area contributed by atoms with Crippen molar-refractivity contribution < 1.29 is 9.59 Å². The van der Waals surface area contributed by atoms with Crippen LogP contribution in [0.25, 0.3) is 0 Å². The Morgan fingerprint density at radius 2 is 1.50 bits per heavy atom. The lowest BCUT2D eigenvalue weighted by molar-refractivity contribution is 0.0984. The highest BCUT2D eigenvalue weighted by Gasteiger charge is 2.22. The average Bonchev–Trinajstić information content (AvgIpc) is 2.98. The van der Waals surface area contributed by atoms with E-state index >= 15 is 0 Å². The van der Waals surface area contributed by atoms with Gasteiger partial charge in [0.1, 0.15) is 17.3 Å². The van der Waals surface area contributed by atoms with Gasteiger partial charge in [-0.3, -0.25) is 14.3 Å². The molecule has 0 aliphatic carbocycles. The Labute approximate surface area is 137 Å². The predicted octanol–water partition coefficient (Wildman–Crippen LogP) is 1.71. The maximum Gasteiger partial charge on any atom is 0.275 e. The van der Waals surface area contributed by atoms with Crippen LogP contribution in [0, 0.1) is 0 Å². The zero-order valence-corrected chi connectivity index (χ0v) is 12.8. The van der Waals surface area contributed by atoms with E-state index in [1.54, 1.807) is 55.8 Å². The summed E-state index contributed by atoms with van der Waals surface area (Å²) in [5.74, 6) is -0.157. The Bertz CT molecular complexity index is 861. The van der Waals surface area contributed by atoms with Gasteiger partial charge in [-0.05, 0) is 24.3 Å². The number of carbonyl (C=O) groups excluding carboxylic acids is 2. The first-order valence-electron chi connectivity index (χ1n) is 7.12. The van der Waals surface area contributed by atoms with Crippen molar-refractivity contribution in [3.05, 3.63) is 66.2 Å². The lowest BCUT2D eigenvalue weighted by atomic mass is 10.2. The third kappa shape index (κ3) is 3.27. The smallest absolute Gasteiger partial charge is 0.275 e. The van der Waals surface area contributed by atoms with Gasteiger partial charge in [-0.25, -0.2) is 9.97 Å². The molecule has 2 N–H and O–H groups in total. The molecule has 3 aromatic rings. The molecule has 0 saturated heterocycles. The van der Waals surface area contributed by atoms with Gasteiger partial charge in [-0.1, -0.05) is 12.1 Å². The summed E-state index contributed by atoms with van der Waals surface area (Å²) in [5.41, 5.74) is 0.283. The van der Waals surface area contributed by atoms with Crippen LogP contribution in [0.4, 0.5) is 11.6 Å². The van der Waals surface area contributed by atoms with E-state index in [9.17, 15) is 9.59 Å². The Kier molecular flexibility index (Phi) is 4.28. The number of anilines is 2. The van der Waals surface area contributed by atoms with Crippen LogP contribution < -0.4 is 10.6 Å². The summed E-state index contributed by atoms with van der Waals surface area (Å²) >= 11 is 0. The summed E-state index contributed by atoms with van der Waals surface area (Å²) in [6.07, 6.45) is 4.46. The highest BCUT2D eigenvalue weighted by molar-refractivity contribution is 6.14. The van der Waals surface area contributed by atoms with E-state index in [4.69, 9.17) is 0 Å². The van der Waals surface area contributed by atoms with Crippen molar-refractivity contribution in [2.24, 2.45) is 7.05 Å². The second-order valence-corrected chi connectivity index (χ2v) is 4.87. The molecule has 2 amide bonds. The minimum Gasteiger partial charge on any atom is -0.306 e. The van der Waals surface area contributed by atoms with Crippen molar-refractivity contribution >= 4 is 23.5 Å². The highest BCUT2D eigenvalue weighted by atomic mass is 16.2. The molecular formula is C16H14N6O2. The molecule has 8 nitrogen and oxygen atoms in total. The van der Waals surface area contributed by atoms with Gasteiger partial charge in [0.2, 0.25) is 0 Å². The van der Waals surface area contributed by atoms with Crippen LogP contribution >= 0.6 is 0 Å². The standard InChI is InChI=1S/C16H14N6O2/c1-22-14(16(24)21-13-7-3-5-9-18-13)11(10-19-22)15(23)20-12-6-2-4-8-17-12/h2-10H,1H3,(H,17,20,23)(H,18,21,24). The van der Waals surface area contributed by atoms with Gasteiger partial charge < -0.3 is 10.6 Å². The van der Waals surface area contributed by atoms with Crippen molar-refractivity contribution in [2.45, 2.75) is 0 Å². The van der Waals surface area contributed by atoms with Gasteiger partial charge in [-0.15, -0.1) is 0 Å². The van der Waals surface area contributed by atoms with E-state index in [0.29, 0.717) is 11.6 Å². The van der Waals surface area contributed by atoms with Gasteiger partial charge in [0.25, 0.3) is 11.8 Å². The quantitative estimate of drug-likeness (QED) is 0.761. The minimum absolute atomic E-state index is 0.133. The Morgan fingerprint density at radius 1 is 0.917 bits per heavy atom. The second-order valence-electron chi connectivity index (χ2n) is 4.87. The molecule has 0 spiro atoms. The van der Waals surface area contributed by atoms with E-state index in [2.05, 4.69) is 25.7 Å². The zero-order chi connectivity index (χ0) is 16.9. The number of aryl methyl sites for hydroxylation is 1. The average molecular weight is 322 g/mol. The first-order chi connectivity index (χ1) is 11.6. The Balaban J connectivity index is 1.83. The van der Waals surface area contributed by atoms with Crippen LogP contribution in [0.15, 0.2) is 55.0 Å². The van der Waals surface area contributed by atoms with Crippen LogP contribution in [0.1, 0.15) is 20.8 Å². The van der Waals surface area contributed by atoms with Gasteiger partial charge in [0.15, 0.2) is 0 Å². The summed E-state index contributed by atoms with van der Waals surface area (Å²) in [7, 11) is 1.59. The SMILES string of the molecule is Cn1ncc(C(=O)Nc2ccccn2)c1C(=O)Nc1ccccn1. The van der Waals surface area contributed by atoms with E-state index < -0.39 is 11.8 Å². The molecule has 0 aliphatic rings. The molecule has 0 fully saturated rings. The summed E-state index contributed by atoms with van der Waals surface area (Å²) < 4.78 is 1.34. The first-order valence-corrected chi connectivity index (χ1v) is 7.12. The van der Waals surface area contributed by atoms with Gasteiger partial charge in [0.05, 0.1) is 11.8 Å². The number of rotatable bonds is 4. The number of hydrogen-bond acceptors (Lipinski definition) is 5. The lowest BCUT2D eigenvalue weighted by Crippen LogP contribution is -2.22. The Morgan fingerprint density at radius 3 is 2.04 bits per heavy atom. The number of hydrogen-bond donors (Lipinski definition) is 2. The molecule has 0 radical (unpaired) electrons. The maximum absolute atomic E-state index is 12.5. The number of pyridine rings is 2. The van der Waals surface area contributed by atoms with Crippen LogP contribution in [0.2, 0.25) is 0 Å². The van der Waals surface area contributed by atoms with E-state index in [-0.39, 0.29) is 11.3 Å². The molecule has 120 valence electrons. The van der Waals surface area contributed by atoms with Crippen molar-refractivity contribution in [1.82, 2.24) is 19.7 Å². The van der Waals surface area contributed by atoms with Crippen molar-refractivity contribution in [3.63, 3.8) is 0 Å². The maximum atomic E-state index is 12.5. The molecule has 3 rings (SSSR count). The molecule has 3 heterocycles. The fourth-order valence-corrected chi connectivity index (χ4v) is 2.11. The van der Waals surface area contributed by atoms with Gasteiger partial charge in [0, 0.05) is 19.4 Å². The second kappa shape index (κ2) is 6.69. The van der Waals surface area contributed by atoms with Crippen molar-refractivity contribution in [2.75, 3.05) is 10.6 Å². The molecule has 0 aliphatic heterocycles.